The van der Waals surface area contributed by atoms with Crippen LogP contribution in [0, 0.1) is 12.7 Å². The normalized spacial score (nSPS) is 20.3. The fourth-order valence-electron chi connectivity index (χ4n) is 3.98. The SMILES string of the molecule is Cc1ccc(N(C=O)Nc2cccc(CN3CCN(S(=O)(=O)N4CCC4)C[C@@H]3C)c2F)cn1. The molecule has 0 aliphatic carbocycles. The second kappa shape index (κ2) is 9.72. The number of hydrogen-bond donors (Lipinski definition) is 1. The maximum absolute atomic E-state index is 15.3. The van der Waals surface area contributed by atoms with Crippen LogP contribution in [0.1, 0.15) is 24.6 Å². The molecule has 0 unspecified atom stereocenters. The first-order valence-electron chi connectivity index (χ1n) is 11.0. The Bertz CT molecular complexity index is 1090. The molecular formula is C22H29FN6O3S. The van der Waals surface area contributed by atoms with E-state index in [1.54, 1.807) is 30.3 Å². The lowest BCUT2D eigenvalue weighted by atomic mass is 10.1. The minimum atomic E-state index is -3.40. The molecule has 1 amide bonds. The predicted octanol–water partition coefficient (Wildman–Crippen LogP) is 1.98. The van der Waals surface area contributed by atoms with E-state index in [1.807, 2.05) is 13.8 Å². The topological polar surface area (TPSA) is 89.1 Å². The summed E-state index contributed by atoms with van der Waals surface area (Å²) in [6, 6.07) is 8.43. The first kappa shape index (κ1) is 23.6. The summed E-state index contributed by atoms with van der Waals surface area (Å²) in [6.07, 6.45) is 3.01. The van der Waals surface area contributed by atoms with E-state index in [9.17, 15) is 13.2 Å². The number of aromatic nitrogens is 1. The number of pyridine rings is 1. The lowest BCUT2D eigenvalue weighted by molar-refractivity contribution is -0.107. The van der Waals surface area contributed by atoms with Crippen molar-refractivity contribution in [2.75, 3.05) is 43.2 Å². The summed E-state index contributed by atoms with van der Waals surface area (Å²) in [5.74, 6) is -0.452. The van der Waals surface area contributed by atoms with Crippen LogP contribution >= 0.6 is 0 Å². The number of nitrogens with one attached hydrogen (secondary N) is 1. The van der Waals surface area contributed by atoms with Crippen LogP contribution in [-0.2, 0) is 21.5 Å². The molecule has 1 aromatic heterocycles. The number of aryl methyl sites for hydroxylation is 1. The first-order valence-corrected chi connectivity index (χ1v) is 12.4. The molecule has 2 fully saturated rings. The Kier molecular flexibility index (Phi) is 6.94. The van der Waals surface area contributed by atoms with Gasteiger partial charge in [0.2, 0.25) is 6.41 Å². The molecule has 33 heavy (non-hydrogen) atoms. The Morgan fingerprint density at radius 2 is 1.97 bits per heavy atom. The van der Waals surface area contributed by atoms with Gasteiger partial charge in [0.15, 0.2) is 5.82 Å². The molecule has 1 N–H and O–H groups in total. The molecule has 2 aliphatic heterocycles. The lowest BCUT2D eigenvalue weighted by Gasteiger charge is -2.42. The number of hydrogen-bond acceptors (Lipinski definition) is 6. The molecule has 4 rings (SSSR count). The van der Waals surface area contributed by atoms with Gasteiger partial charge in [-0.15, -0.1) is 0 Å². The number of hydrazine groups is 1. The number of carbonyl (C=O) groups is 1. The van der Waals surface area contributed by atoms with Gasteiger partial charge in [0, 0.05) is 56.6 Å². The largest absolute Gasteiger partial charge is 0.294 e. The summed E-state index contributed by atoms with van der Waals surface area (Å²) >= 11 is 0. The molecule has 9 nitrogen and oxygen atoms in total. The van der Waals surface area contributed by atoms with Gasteiger partial charge in [-0.2, -0.15) is 17.0 Å². The van der Waals surface area contributed by atoms with Crippen molar-refractivity contribution in [3.8, 4) is 0 Å². The van der Waals surface area contributed by atoms with Crippen LogP contribution in [0.15, 0.2) is 36.5 Å². The van der Waals surface area contributed by atoms with Crippen LogP contribution in [0.25, 0.3) is 0 Å². The van der Waals surface area contributed by atoms with Gasteiger partial charge in [-0.3, -0.25) is 20.1 Å². The molecule has 1 aromatic carbocycles. The molecule has 178 valence electrons. The van der Waals surface area contributed by atoms with Crippen molar-refractivity contribution in [2.24, 2.45) is 0 Å². The fraction of sp³-hybridized carbons (Fsp3) is 0.455. The summed E-state index contributed by atoms with van der Waals surface area (Å²) in [5, 5.41) is 1.18. The summed E-state index contributed by atoms with van der Waals surface area (Å²) in [4.78, 5) is 17.8. The Balaban J connectivity index is 1.43. The third kappa shape index (κ3) is 5.01. The summed E-state index contributed by atoms with van der Waals surface area (Å²) < 4.78 is 43.7. The average Bonchev–Trinajstić information content (AvgIpc) is 2.74. The van der Waals surface area contributed by atoms with Crippen molar-refractivity contribution in [3.63, 3.8) is 0 Å². The molecule has 11 heteroatoms. The quantitative estimate of drug-likeness (QED) is 0.463. The van der Waals surface area contributed by atoms with Crippen molar-refractivity contribution < 1.29 is 17.6 Å². The summed E-state index contributed by atoms with van der Waals surface area (Å²) in [7, 11) is -3.40. The van der Waals surface area contributed by atoms with Crippen molar-refractivity contribution >= 4 is 28.0 Å². The Labute approximate surface area is 193 Å². The zero-order valence-corrected chi connectivity index (χ0v) is 19.6. The number of benzene rings is 1. The molecule has 0 saturated carbocycles. The number of carbonyl (C=O) groups excluding carboxylic acids is 1. The van der Waals surface area contributed by atoms with Crippen LogP contribution in [0.5, 0.6) is 0 Å². The summed E-state index contributed by atoms with van der Waals surface area (Å²) in [6.45, 7) is 6.56. The molecule has 0 spiro atoms. The molecule has 0 radical (unpaired) electrons. The van der Waals surface area contributed by atoms with E-state index in [-0.39, 0.29) is 11.7 Å². The highest BCUT2D eigenvalue weighted by atomic mass is 32.2. The van der Waals surface area contributed by atoms with Crippen LogP contribution in [0.3, 0.4) is 0 Å². The van der Waals surface area contributed by atoms with Gasteiger partial charge >= 0.3 is 0 Å². The fourth-order valence-corrected chi connectivity index (χ4v) is 5.74. The van der Waals surface area contributed by atoms with E-state index in [1.165, 1.54) is 19.8 Å². The second-order valence-corrected chi connectivity index (χ2v) is 10.4. The minimum absolute atomic E-state index is 0.0593. The maximum Gasteiger partial charge on any atom is 0.282 e. The van der Waals surface area contributed by atoms with E-state index >= 15 is 4.39 Å². The van der Waals surface area contributed by atoms with Crippen molar-refractivity contribution in [2.45, 2.75) is 32.9 Å². The molecule has 1 atom stereocenters. The predicted molar refractivity (Wildman–Crippen MR) is 124 cm³/mol. The molecule has 2 aromatic rings. The molecule has 3 heterocycles. The highest BCUT2D eigenvalue weighted by molar-refractivity contribution is 7.86. The van der Waals surface area contributed by atoms with Crippen LogP contribution in [0.4, 0.5) is 15.8 Å². The zero-order chi connectivity index (χ0) is 23.6. The number of anilines is 2. The average molecular weight is 477 g/mol. The van der Waals surface area contributed by atoms with E-state index in [4.69, 9.17) is 0 Å². The number of amides is 1. The summed E-state index contributed by atoms with van der Waals surface area (Å²) in [5.41, 5.74) is 4.76. The Hall–Kier alpha value is -2.60. The van der Waals surface area contributed by atoms with Crippen molar-refractivity contribution in [1.29, 1.82) is 0 Å². The standard InChI is InChI=1S/C22H29FN6O3S/c1-17-7-8-20(13-24-17)29(16-30)25-21-6-3-5-19(22(21)23)15-26-11-12-28(14-18(26)2)33(31,32)27-9-4-10-27/h3,5-8,13,16,18,25H,4,9-12,14-15H2,1-2H3/t18-/m0/s1. The third-order valence-electron chi connectivity index (χ3n) is 6.17. The highest BCUT2D eigenvalue weighted by Crippen LogP contribution is 2.25. The van der Waals surface area contributed by atoms with Gasteiger partial charge in [0.1, 0.15) is 0 Å². The number of rotatable bonds is 8. The third-order valence-corrected chi connectivity index (χ3v) is 8.17. The van der Waals surface area contributed by atoms with Gasteiger partial charge in [-0.05, 0) is 38.5 Å². The van der Waals surface area contributed by atoms with E-state index in [0.29, 0.717) is 56.9 Å². The smallest absolute Gasteiger partial charge is 0.282 e. The van der Waals surface area contributed by atoms with Crippen molar-refractivity contribution in [1.82, 2.24) is 18.5 Å². The van der Waals surface area contributed by atoms with Gasteiger partial charge < -0.3 is 0 Å². The minimum Gasteiger partial charge on any atom is -0.294 e. The van der Waals surface area contributed by atoms with Gasteiger partial charge in [-0.1, -0.05) is 12.1 Å². The molecule has 2 aliphatic rings. The van der Waals surface area contributed by atoms with Gasteiger partial charge in [0.05, 0.1) is 17.6 Å². The second-order valence-electron chi connectivity index (χ2n) is 8.46. The van der Waals surface area contributed by atoms with E-state index in [0.717, 1.165) is 12.1 Å². The zero-order valence-electron chi connectivity index (χ0n) is 18.8. The van der Waals surface area contributed by atoms with Gasteiger partial charge in [-0.25, -0.2) is 9.40 Å². The molecular weight excluding hydrogens is 447 g/mol. The van der Waals surface area contributed by atoms with E-state index < -0.39 is 16.0 Å². The molecule has 0 bridgehead atoms. The van der Waals surface area contributed by atoms with Crippen LogP contribution < -0.4 is 10.4 Å². The Morgan fingerprint density at radius 3 is 2.58 bits per heavy atom. The lowest BCUT2D eigenvalue weighted by Crippen LogP contribution is -2.58. The van der Waals surface area contributed by atoms with Crippen LogP contribution in [-0.4, -0.2) is 72.1 Å². The van der Waals surface area contributed by atoms with Crippen LogP contribution in [0.2, 0.25) is 0 Å². The highest BCUT2D eigenvalue weighted by Gasteiger charge is 2.37. The first-order chi connectivity index (χ1) is 15.8. The Morgan fingerprint density at radius 1 is 1.18 bits per heavy atom. The number of piperazine rings is 1. The number of halogens is 1. The number of nitrogens with zero attached hydrogens (tertiary/aromatic N) is 5. The van der Waals surface area contributed by atoms with Crippen molar-refractivity contribution in [3.05, 3.63) is 53.6 Å². The van der Waals surface area contributed by atoms with E-state index in [2.05, 4.69) is 15.3 Å². The maximum atomic E-state index is 15.3. The molecule has 2 saturated heterocycles. The monoisotopic (exact) mass is 476 g/mol. The van der Waals surface area contributed by atoms with Gasteiger partial charge in [0.25, 0.3) is 10.2 Å².